The van der Waals surface area contributed by atoms with Gasteiger partial charge in [-0.1, -0.05) is 6.92 Å². The summed E-state index contributed by atoms with van der Waals surface area (Å²) in [5, 5.41) is 9.05. The van der Waals surface area contributed by atoms with Crippen molar-refractivity contribution in [3.8, 4) is 0 Å². The Bertz CT molecular complexity index is 356. The van der Waals surface area contributed by atoms with Crippen molar-refractivity contribution >= 4 is 13.8 Å². The zero-order valence-electron chi connectivity index (χ0n) is 13.2. The molecular formula is C12H27NO7P+. The minimum absolute atomic E-state index is 0.0523. The molecule has 0 aliphatic heterocycles. The zero-order valence-corrected chi connectivity index (χ0v) is 14.0. The summed E-state index contributed by atoms with van der Waals surface area (Å²) in [6, 6.07) is 0. The molecular weight excluding hydrogens is 301 g/mol. The van der Waals surface area contributed by atoms with E-state index in [1.165, 1.54) is 0 Å². The summed E-state index contributed by atoms with van der Waals surface area (Å²) in [5.41, 5.74) is 0. The molecule has 0 aromatic rings. The van der Waals surface area contributed by atoms with Gasteiger partial charge in [-0.25, -0.2) is 4.57 Å². The SMILES string of the molecule is CCCC(=O)O[C@H](CO)COP(=O)(O)OCC[N+](C)(C)C. The summed E-state index contributed by atoms with van der Waals surface area (Å²) < 4.78 is 26.6. The molecule has 0 radical (unpaired) electrons. The highest BCUT2D eigenvalue weighted by Crippen LogP contribution is 2.43. The highest BCUT2D eigenvalue weighted by atomic mass is 31.2. The molecule has 126 valence electrons. The van der Waals surface area contributed by atoms with E-state index in [0.29, 0.717) is 17.4 Å². The van der Waals surface area contributed by atoms with Gasteiger partial charge in [0.1, 0.15) is 19.3 Å². The van der Waals surface area contributed by atoms with Crippen molar-refractivity contribution in [2.75, 3.05) is 47.5 Å². The molecule has 2 atom stereocenters. The Labute approximate surface area is 125 Å². The Hall–Kier alpha value is -0.500. The average molecular weight is 328 g/mol. The third kappa shape index (κ3) is 11.8. The Morgan fingerprint density at radius 2 is 1.90 bits per heavy atom. The first kappa shape index (κ1) is 20.5. The molecule has 9 heteroatoms. The van der Waals surface area contributed by atoms with Crippen molar-refractivity contribution in [3.63, 3.8) is 0 Å². The van der Waals surface area contributed by atoms with Crippen molar-refractivity contribution in [2.24, 2.45) is 0 Å². The van der Waals surface area contributed by atoms with Crippen molar-refractivity contribution in [1.82, 2.24) is 0 Å². The largest absolute Gasteiger partial charge is 0.472 e. The normalized spacial score (nSPS) is 16.3. The highest BCUT2D eigenvalue weighted by molar-refractivity contribution is 7.47. The number of hydrogen-bond acceptors (Lipinski definition) is 6. The minimum Gasteiger partial charge on any atom is -0.457 e. The Morgan fingerprint density at radius 3 is 2.38 bits per heavy atom. The van der Waals surface area contributed by atoms with E-state index in [1.54, 1.807) is 0 Å². The number of esters is 1. The minimum atomic E-state index is -4.22. The van der Waals surface area contributed by atoms with Gasteiger partial charge >= 0.3 is 13.8 Å². The second-order valence-electron chi connectivity index (χ2n) is 5.66. The lowest BCUT2D eigenvalue weighted by Gasteiger charge is -2.24. The van der Waals surface area contributed by atoms with E-state index in [9.17, 15) is 14.3 Å². The van der Waals surface area contributed by atoms with Gasteiger partial charge < -0.3 is 19.2 Å². The van der Waals surface area contributed by atoms with Gasteiger partial charge in [0.2, 0.25) is 0 Å². The molecule has 0 aliphatic carbocycles. The summed E-state index contributed by atoms with van der Waals surface area (Å²) in [7, 11) is 1.54. The van der Waals surface area contributed by atoms with E-state index in [0.717, 1.165) is 0 Å². The van der Waals surface area contributed by atoms with E-state index in [4.69, 9.17) is 18.9 Å². The van der Waals surface area contributed by atoms with Crippen LogP contribution in [0.15, 0.2) is 0 Å². The van der Waals surface area contributed by atoms with Gasteiger partial charge in [-0.05, 0) is 6.42 Å². The van der Waals surface area contributed by atoms with Gasteiger partial charge in [0.05, 0.1) is 34.4 Å². The van der Waals surface area contributed by atoms with Crippen LogP contribution in [0.4, 0.5) is 0 Å². The summed E-state index contributed by atoms with van der Waals surface area (Å²) in [6.45, 7) is 1.51. The predicted octanol–water partition coefficient (Wildman–Crippen LogP) is 0.530. The van der Waals surface area contributed by atoms with Crippen molar-refractivity contribution in [1.29, 1.82) is 0 Å². The molecule has 1 unspecified atom stereocenters. The van der Waals surface area contributed by atoms with E-state index < -0.39 is 33.1 Å². The van der Waals surface area contributed by atoms with Crippen LogP contribution in [0.25, 0.3) is 0 Å². The lowest BCUT2D eigenvalue weighted by atomic mass is 10.3. The number of aliphatic hydroxyl groups is 1. The molecule has 0 saturated heterocycles. The van der Waals surface area contributed by atoms with Gasteiger partial charge in [-0.3, -0.25) is 13.8 Å². The fraction of sp³-hybridized carbons (Fsp3) is 0.917. The number of quaternary nitrogens is 1. The number of rotatable bonds is 11. The van der Waals surface area contributed by atoms with E-state index in [-0.39, 0.29) is 13.0 Å². The first-order chi connectivity index (χ1) is 9.59. The first-order valence-corrected chi connectivity index (χ1v) is 8.32. The van der Waals surface area contributed by atoms with Crippen LogP contribution in [0.3, 0.4) is 0 Å². The third-order valence-corrected chi connectivity index (χ3v) is 3.38. The monoisotopic (exact) mass is 328 g/mol. The van der Waals surface area contributed by atoms with Gasteiger partial charge in [-0.2, -0.15) is 0 Å². The van der Waals surface area contributed by atoms with Crippen molar-refractivity contribution in [2.45, 2.75) is 25.9 Å². The van der Waals surface area contributed by atoms with Gasteiger partial charge in [0, 0.05) is 6.42 Å². The molecule has 0 fully saturated rings. The zero-order chi connectivity index (χ0) is 16.5. The van der Waals surface area contributed by atoms with Gasteiger partial charge in [-0.15, -0.1) is 0 Å². The molecule has 0 saturated carbocycles. The first-order valence-electron chi connectivity index (χ1n) is 6.82. The second-order valence-corrected chi connectivity index (χ2v) is 7.11. The predicted molar refractivity (Wildman–Crippen MR) is 76.5 cm³/mol. The molecule has 0 aromatic heterocycles. The number of ether oxygens (including phenoxy) is 1. The second kappa shape index (κ2) is 9.50. The number of phosphoric ester groups is 1. The average Bonchev–Trinajstić information content (AvgIpc) is 2.32. The number of carbonyl (C=O) groups is 1. The Kier molecular flexibility index (Phi) is 9.28. The van der Waals surface area contributed by atoms with Crippen LogP contribution in [0.2, 0.25) is 0 Å². The number of nitrogens with zero attached hydrogens (tertiary/aromatic N) is 1. The Balaban J connectivity index is 4.14. The fourth-order valence-corrected chi connectivity index (χ4v) is 1.96. The van der Waals surface area contributed by atoms with Crippen LogP contribution < -0.4 is 0 Å². The fourth-order valence-electron chi connectivity index (χ4n) is 1.22. The van der Waals surface area contributed by atoms with Crippen LogP contribution >= 0.6 is 7.82 Å². The molecule has 0 aliphatic rings. The number of aliphatic hydroxyl groups excluding tert-OH is 1. The lowest BCUT2D eigenvalue weighted by Crippen LogP contribution is -2.37. The molecule has 0 bridgehead atoms. The van der Waals surface area contributed by atoms with E-state index in [2.05, 4.69) is 0 Å². The van der Waals surface area contributed by atoms with Crippen LogP contribution in [0.5, 0.6) is 0 Å². The smallest absolute Gasteiger partial charge is 0.457 e. The number of hydrogen-bond donors (Lipinski definition) is 2. The molecule has 2 N–H and O–H groups in total. The van der Waals surface area contributed by atoms with Gasteiger partial charge in [0.25, 0.3) is 0 Å². The molecule has 0 spiro atoms. The Morgan fingerprint density at radius 1 is 1.29 bits per heavy atom. The summed E-state index contributed by atoms with van der Waals surface area (Å²) in [5.74, 6) is -0.487. The van der Waals surface area contributed by atoms with Gasteiger partial charge in [0.15, 0.2) is 0 Å². The molecule has 0 rings (SSSR count). The number of carbonyl (C=O) groups excluding carboxylic acids is 1. The van der Waals surface area contributed by atoms with Crippen LogP contribution in [-0.2, 0) is 23.1 Å². The summed E-state index contributed by atoms with van der Waals surface area (Å²) >= 11 is 0. The highest BCUT2D eigenvalue weighted by Gasteiger charge is 2.25. The van der Waals surface area contributed by atoms with Crippen molar-refractivity contribution in [3.05, 3.63) is 0 Å². The molecule has 0 heterocycles. The molecule has 8 nitrogen and oxygen atoms in total. The maximum atomic E-state index is 11.6. The summed E-state index contributed by atoms with van der Waals surface area (Å²) in [4.78, 5) is 20.7. The lowest BCUT2D eigenvalue weighted by molar-refractivity contribution is -0.870. The van der Waals surface area contributed by atoms with Crippen LogP contribution in [0.1, 0.15) is 19.8 Å². The van der Waals surface area contributed by atoms with Crippen molar-refractivity contribution < 1.29 is 37.6 Å². The topological polar surface area (TPSA) is 102 Å². The quantitative estimate of drug-likeness (QED) is 0.324. The summed E-state index contributed by atoms with van der Waals surface area (Å²) in [6.07, 6.45) is -0.149. The third-order valence-electron chi connectivity index (χ3n) is 2.40. The van der Waals surface area contributed by atoms with E-state index in [1.807, 2.05) is 28.1 Å². The van der Waals surface area contributed by atoms with Crippen LogP contribution in [0, 0.1) is 0 Å². The molecule has 21 heavy (non-hydrogen) atoms. The van der Waals surface area contributed by atoms with E-state index >= 15 is 0 Å². The number of phosphoric acid groups is 1. The maximum absolute atomic E-state index is 11.6. The maximum Gasteiger partial charge on any atom is 0.472 e. The molecule has 0 amide bonds. The van der Waals surface area contributed by atoms with Crippen LogP contribution in [-0.4, -0.2) is 74.1 Å². The standard InChI is InChI=1S/C12H26NO7P/c1-5-6-12(15)20-11(9-14)10-19-21(16,17)18-8-7-13(2,3)4/h11,14H,5-10H2,1-4H3/p+1/t11-/m1/s1. The number of likely N-dealkylation sites (N-methyl/N-ethyl adjacent to an activating group) is 1. The molecule has 0 aromatic carbocycles.